The first kappa shape index (κ1) is 7.33. The van der Waals surface area contributed by atoms with Crippen LogP contribution in [0.3, 0.4) is 0 Å². The summed E-state index contributed by atoms with van der Waals surface area (Å²) in [6.07, 6.45) is 0.880. The minimum Gasteiger partial charge on any atom is -0.322 e. The monoisotopic (exact) mass is 158 g/mol. The number of hydrogen-bond donors (Lipinski definition) is 2. The van der Waals surface area contributed by atoms with E-state index in [0.29, 0.717) is 5.71 Å². The number of rotatable bonds is 2. The molecule has 0 amide bonds. The van der Waals surface area contributed by atoms with Crippen LogP contribution in [-0.4, -0.2) is 11.8 Å². The van der Waals surface area contributed by atoms with E-state index < -0.39 is 0 Å². The predicted octanol–water partition coefficient (Wildman–Crippen LogP) is 0.806. The molecule has 0 bridgehead atoms. The molecule has 1 aromatic carbocycles. The summed E-state index contributed by atoms with van der Waals surface area (Å²) >= 11 is 0. The number of hydrogen-bond acceptors (Lipinski definition) is 2. The van der Waals surface area contributed by atoms with E-state index in [4.69, 9.17) is 11.1 Å². The van der Waals surface area contributed by atoms with Crippen molar-refractivity contribution in [2.75, 3.05) is 0 Å². The molecule has 60 valence electrons. The van der Waals surface area contributed by atoms with Gasteiger partial charge in [0.05, 0.1) is 6.04 Å². The lowest BCUT2D eigenvalue weighted by atomic mass is 10.1. The van der Waals surface area contributed by atoms with E-state index in [-0.39, 0.29) is 12.0 Å². The number of nitrogens with one attached hydrogen (secondary N) is 1. The third kappa shape index (κ3) is 1.19. The second-order valence-corrected chi connectivity index (χ2v) is 3.13. The first-order chi connectivity index (χ1) is 5.79. The van der Waals surface area contributed by atoms with Gasteiger partial charge in [-0.05, 0) is 30.2 Å². The Morgan fingerprint density at radius 3 is 2.75 bits per heavy atom. The Labute approximate surface area is 71.9 Å². The van der Waals surface area contributed by atoms with Gasteiger partial charge in [0.15, 0.2) is 0 Å². The first-order valence-corrected chi connectivity index (χ1v) is 3.99. The van der Waals surface area contributed by atoms with Gasteiger partial charge < -0.3 is 11.1 Å². The Balaban J connectivity index is 2.02. The van der Waals surface area contributed by atoms with Gasteiger partial charge in [-0.15, -0.1) is 0 Å². The van der Waals surface area contributed by atoms with Gasteiger partial charge in [-0.1, -0.05) is 12.1 Å². The third-order valence-corrected chi connectivity index (χ3v) is 2.26. The Morgan fingerprint density at radius 1 is 1.50 bits per heavy atom. The van der Waals surface area contributed by atoms with E-state index >= 15 is 0 Å². The van der Waals surface area contributed by atoms with Gasteiger partial charge in [-0.2, -0.15) is 0 Å². The molecule has 2 rings (SSSR count). The van der Waals surface area contributed by atoms with Gasteiger partial charge in [0.1, 0.15) is 0 Å². The summed E-state index contributed by atoms with van der Waals surface area (Å²) in [5, 5.41) is 7.38. The molecular formula is C10H10N2. The van der Waals surface area contributed by atoms with Crippen LogP contribution in [0.1, 0.15) is 5.56 Å². The molecule has 1 aliphatic carbocycles. The van der Waals surface area contributed by atoms with Gasteiger partial charge in [0.25, 0.3) is 0 Å². The first-order valence-electron chi connectivity index (χ1n) is 3.99. The Bertz CT molecular complexity index is 292. The van der Waals surface area contributed by atoms with Crippen molar-refractivity contribution in [3.05, 3.63) is 35.9 Å². The van der Waals surface area contributed by atoms with Crippen LogP contribution >= 0.6 is 0 Å². The summed E-state index contributed by atoms with van der Waals surface area (Å²) in [6.45, 7) is 0. The molecule has 0 aliphatic heterocycles. The highest BCUT2D eigenvalue weighted by Gasteiger charge is 2.41. The zero-order valence-electron chi connectivity index (χ0n) is 6.67. The average Bonchev–Trinajstić information content (AvgIpc) is 2.65. The average molecular weight is 158 g/mol. The highest BCUT2D eigenvalue weighted by molar-refractivity contribution is 6.05. The maximum absolute atomic E-state index is 7.38. The molecule has 0 heterocycles. The van der Waals surface area contributed by atoms with Crippen LogP contribution in [0.2, 0.25) is 0 Å². The largest absolute Gasteiger partial charge is 0.322 e. The van der Waals surface area contributed by atoms with Crippen molar-refractivity contribution in [3.8, 4) is 0 Å². The van der Waals surface area contributed by atoms with Gasteiger partial charge >= 0.3 is 0 Å². The van der Waals surface area contributed by atoms with Crippen molar-refractivity contribution in [1.29, 1.82) is 5.41 Å². The summed E-state index contributed by atoms with van der Waals surface area (Å²) in [7, 11) is 0. The van der Waals surface area contributed by atoms with Gasteiger partial charge in [0.2, 0.25) is 0 Å². The second-order valence-electron chi connectivity index (χ2n) is 3.13. The van der Waals surface area contributed by atoms with Crippen molar-refractivity contribution >= 4 is 5.71 Å². The molecule has 3 N–H and O–H groups in total. The maximum atomic E-state index is 7.38. The molecule has 12 heavy (non-hydrogen) atoms. The van der Waals surface area contributed by atoms with Crippen LogP contribution in [0.15, 0.2) is 18.2 Å². The number of nitrogens with two attached hydrogens (primary N) is 1. The summed E-state index contributed by atoms with van der Waals surface area (Å²) in [5.41, 5.74) is 7.49. The molecule has 2 heteroatoms. The molecule has 2 nitrogen and oxygen atoms in total. The summed E-state index contributed by atoms with van der Waals surface area (Å²) in [5.74, 6) is 0.279. The lowest BCUT2D eigenvalue weighted by molar-refractivity contribution is 0.799. The molecule has 1 aliphatic rings. The summed E-state index contributed by atoms with van der Waals surface area (Å²) < 4.78 is 0. The van der Waals surface area contributed by atoms with Crippen LogP contribution in [-0.2, 0) is 6.42 Å². The highest BCUT2D eigenvalue weighted by atomic mass is 14.8. The minimum atomic E-state index is 0.00851. The van der Waals surface area contributed by atoms with Gasteiger partial charge in [-0.25, -0.2) is 0 Å². The van der Waals surface area contributed by atoms with E-state index in [2.05, 4.69) is 12.1 Å². The van der Waals surface area contributed by atoms with E-state index in [0.717, 1.165) is 6.42 Å². The lowest BCUT2D eigenvalue weighted by Crippen LogP contribution is -2.04. The van der Waals surface area contributed by atoms with Crippen molar-refractivity contribution in [2.45, 2.75) is 12.5 Å². The Kier molecular flexibility index (Phi) is 1.60. The lowest BCUT2D eigenvalue weighted by Gasteiger charge is -1.93. The standard InChI is InChI=1S/C10H10N2/c11-9-8(10(9)12)6-7-4-2-1-3-5-7/h2,4-5,8-9,12H,6,11H2. The van der Waals surface area contributed by atoms with Crippen LogP contribution in [0.4, 0.5) is 0 Å². The molecule has 0 radical (unpaired) electrons. The SMILES string of the molecule is N=C1C(N)C1Cc1cc#ccc1. The molecule has 1 fully saturated rings. The molecule has 2 atom stereocenters. The molecule has 1 saturated carbocycles. The minimum absolute atomic E-state index is 0.00851. The molecule has 0 spiro atoms. The van der Waals surface area contributed by atoms with E-state index in [9.17, 15) is 0 Å². The third-order valence-electron chi connectivity index (χ3n) is 2.26. The fourth-order valence-corrected chi connectivity index (χ4v) is 1.34. The van der Waals surface area contributed by atoms with Gasteiger partial charge in [0, 0.05) is 11.6 Å². The molecular weight excluding hydrogens is 148 g/mol. The van der Waals surface area contributed by atoms with Crippen LogP contribution < -0.4 is 5.73 Å². The maximum Gasteiger partial charge on any atom is 0.0511 e. The van der Waals surface area contributed by atoms with E-state index in [1.54, 1.807) is 0 Å². The Morgan fingerprint density at radius 2 is 2.25 bits per heavy atom. The van der Waals surface area contributed by atoms with Crippen LogP contribution in [0.25, 0.3) is 0 Å². The predicted molar refractivity (Wildman–Crippen MR) is 47.0 cm³/mol. The smallest absolute Gasteiger partial charge is 0.0511 e. The van der Waals surface area contributed by atoms with Crippen LogP contribution in [0.5, 0.6) is 0 Å². The van der Waals surface area contributed by atoms with Gasteiger partial charge in [-0.3, -0.25) is 0 Å². The molecule has 0 aromatic heterocycles. The van der Waals surface area contributed by atoms with Crippen molar-refractivity contribution < 1.29 is 0 Å². The molecule has 0 saturated heterocycles. The summed E-state index contributed by atoms with van der Waals surface area (Å²) in [6, 6.07) is 11.5. The van der Waals surface area contributed by atoms with E-state index in [1.807, 2.05) is 18.2 Å². The fraction of sp³-hybridized carbons (Fsp3) is 0.300. The second kappa shape index (κ2) is 2.62. The highest BCUT2D eigenvalue weighted by Crippen LogP contribution is 2.26. The zero-order valence-corrected chi connectivity index (χ0v) is 6.67. The topological polar surface area (TPSA) is 49.9 Å². The van der Waals surface area contributed by atoms with Crippen molar-refractivity contribution in [3.63, 3.8) is 0 Å². The zero-order chi connectivity index (χ0) is 8.55. The quantitative estimate of drug-likeness (QED) is 0.657. The van der Waals surface area contributed by atoms with Crippen LogP contribution in [0, 0.1) is 23.5 Å². The Hall–Kier alpha value is -1.33. The van der Waals surface area contributed by atoms with Crippen molar-refractivity contribution in [1.82, 2.24) is 0 Å². The molecule has 1 aromatic rings. The van der Waals surface area contributed by atoms with E-state index in [1.165, 1.54) is 5.56 Å². The fourth-order valence-electron chi connectivity index (χ4n) is 1.34. The van der Waals surface area contributed by atoms with Crippen molar-refractivity contribution in [2.24, 2.45) is 11.7 Å². The normalized spacial score (nSPS) is 26.6. The summed E-state index contributed by atoms with van der Waals surface area (Å²) in [4.78, 5) is 0. The molecule has 2 unspecified atom stereocenters.